The van der Waals surface area contributed by atoms with Crippen LogP contribution in [0.3, 0.4) is 0 Å². The van der Waals surface area contributed by atoms with Crippen molar-refractivity contribution in [3.05, 3.63) is 18.2 Å². The number of rotatable bonds is 6. The van der Waals surface area contributed by atoms with E-state index in [0.717, 1.165) is 32.0 Å². The molecule has 6 nitrogen and oxygen atoms in total. The second-order valence-electron chi connectivity index (χ2n) is 6.06. The zero-order chi connectivity index (χ0) is 14.8. The highest BCUT2D eigenvalue weighted by atomic mass is 16.1. The molecule has 1 aliphatic rings. The third-order valence-corrected chi connectivity index (χ3v) is 3.90. The second-order valence-corrected chi connectivity index (χ2v) is 6.06. The summed E-state index contributed by atoms with van der Waals surface area (Å²) in [6, 6.07) is 0.229. The molecule has 0 saturated heterocycles. The first kappa shape index (κ1) is 15.0. The van der Waals surface area contributed by atoms with Crippen LogP contribution < -0.4 is 11.1 Å². The van der Waals surface area contributed by atoms with Gasteiger partial charge in [-0.25, -0.2) is 4.98 Å². The van der Waals surface area contributed by atoms with E-state index in [4.69, 9.17) is 5.73 Å². The molecule has 1 unspecified atom stereocenters. The van der Waals surface area contributed by atoms with E-state index in [2.05, 4.69) is 19.8 Å². The summed E-state index contributed by atoms with van der Waals surface area (Å²) in [6.45, 7) is 9.56. The van der Waals surface area contributed by atoms with Crippen LogP contribution >= 0.6 is 0 Å². The molecular weight excluding hydrogens is 254 g/mol. The van der Waals surface area contributed by atoms with Gasteiger partial charge in [0, 0.05) is 38.1 Å². The van der Waals surface area contributed by atoms with Gasteiger partial charge in [0.25, 0.3) is 0 Å². The standard InChI is InChI=1S/C14H25N5O/c1-11(2)17-14(3,13(15)20)4-6-18-8-9-19-7-5-16-12(19)10-18/h5,7,11,17H,4,6,8-10H2,1-3H3,(H2,15,20). The molecule has 0 aliphatic carbocycles. The van der Waals surface area contributed by atoms with E-state index in [-0.39, 0.29) is 11.9 Å². The number of carbonyl (C=O) groups is 1. The van der Waals surface area contributed by atoms with Crippen molar-refractivity contribution < 1.29 is 4.79 Å². The quantitative estimate of drug-likeness (QED) is 0.787. The fourth-order valence-electron chi connectivity index (χ4n) is 2.70. The lowest BCUT2D eigenvalue weighted by Crippen LogP contribution is -2.57. The van der Waals surface area contributed by atoms with Crippen LogP contribution in [0.25, 0.3) is 0 Å². The van der Waals surface area contributed by atoms with Gasteiger partial charge < -0.3 is 15.6 Å². The van der Waals surface area contributed by atoms with Crippen LogP contribution in [0.5, 0.6) is 0 Å². The Bertz CT molecular complexity index is 470. The number of nitrogens with one attached hydrogen (secondary N) is 1. The SMILES string of the molecule is CC(C)NC(C)(CCN1CCn2ccnc2C1)C(N)=O. The van der Waals surface area contributed by atoms with Crippen molar-refractivity contribution in [2.75, 3.05) is 13.1 Å². The molecular formula is C14H25N5O. The number of hydrogen-bond acceptors (Lipinski definition) is 4. The molecule has 0 aromatic carbocycles. The van der Waals surface area contributed by atoms with E-state index in [9.17, 15) is 4.79 Å². The van der Waals surface area contributed by atoms with E-state index >= 15 is 0 Å². The zero-order valence-corrected chi connectivity index (χ0v) is 12.6. The molecule has 0 fully saturated rings. The fourth-order valence-corrected chi connectivity index (χ4v) is 2.70. The maximum Gasteiger partial charge on any atom is 0.237 e. The molecule has 6 heteroatoms. The number of fused-ring (bicyclic) bond motifs is 1. The van der Waals surface area contributed by atoms with E-state index in [0.29, 0.717) is 6.42 Å². The average Bonchev–Trinajstić information content (AvgIpc) is 2.82. The average molecular weight is 279 g/mol. The molecule has 0 radical (unpaired) electrons. The van der Waals surface area contributed by atoms with Gasteiger partial charge in [-0.1, -0.05) is 0 Å². The minimum absolute atomic E-state index is 0.229. The summed E-state index contributed by atoms with van der Waals surface area (Å²) in [7, 11) is 0. The van der Waals surface area contributed by atoms with Gasteiger partial charge >= 0.3 is 0 Å². The zero-order valence-electron chi connectivity index (χ0n) is 12.6. The number of primary amides is 1. The fraction of sp³-hybridized carbons (Fsp3) is 0.714. The van der Waals surface area contributed by atoms with Crippen molar-refractivity contribution >= 4 is 5.91 Å². The van der Waals surface area contributed by atoms with Gasteiger partial charge in [0.2, 0.25) is 5.91 Å². The molecule has 1 aromatic heterocycles. The van der Waals surface area contributed by atoms with Gasteiger partial charge in [0.15, 0.2) is 0 Å². The lowest BCUT2D eigenvalue weighted by molar-refractivity contribution is -0.124. The van der Waals surface area contributed by atoms with Crippen LogP contribution in [0.15, 0.2) is 12.4 Å². The summed E-state index contributed by atoms with van der Waals surface area (Å²) >= 11 is 0. The highest BCUT2D eigenvalue weighted by molar-refractivity contribution is 5.84. The van der Waals surface area contributed by atoms with Gasteiger partial charge in [0.1, 0.15) is 5.82 Å². The molecule has 2 rings (SSSR count). The molecule has 1 atom stereocenters. The number of hydrogen-bond donors (Lipinski definition) is 2. The summed E-state index contributed by atoms with van der Waals surface area (Å²) in [6.07, 6.45) is 4.56. The number of carbonyl (C=O) groups excluding carboxylic acids is 1. The Kier molecular flexibility index (Phi) is 4.45. The number of amides is 1. The maximum atomic E-state index is 11.7. The largest absolute Gasteiger partial charge is 0.368 e. The minimum atomic E-state index is -0.652. The Hall–Kier alpha value is -1.40. The van der Waals surface area contributed by atoms with Crippen LogP contribution in [-0.2, 0) is 17.9 Å². The normalized spacial score (nSPS) is 18.8. The minimum Gasteiger partial charge on any atom is -0.368 e. The highest BCUT2D eigenvalue weighted by Gasteiger charge is 2.32. The third kappa shape index (κ3) is 3.37. The molecule has 1 amide bonds. The van der Waals surface area contributed by atoms with Crippen molar-refractivity contribution in [3.63, 3.8) is 0 Å². The van der Waals surface area contributed by atoms with Crippen LogP contribution in [0.4, 0.5) is 0 Å². The van der Waals surface area contributed by atoms with E-state index < -0.39 is 5.54 Å². The Balaban J connectivity index is 1.92. The predicted octanol–water partition coefficient (Wildman–Crippen LogP) is 0.331. The molecule has 3 N–H and O–H groups in total. The second kappa shape index (κ2) is 5.93. The maximum absolute atomic E-state index is 11.7. The number of imidazole rings is 1. The number of aromatic nitrogens is 2. The Morgan fingerprint density at radius 2 is 2.30 bits per heavy atom. The number of nitrogens with zero attached hydrogens (tertiary/aromatic N) is 3. The smallest absolute Gasteiger partial charge is 0.237 e. The third-order valence-electron chi connectivity index (χ3n) is 3.90. The van der Waals surface area contributed by atoms with Gasteiger partial charge in [-0.3, -0.25) is 9.69 Å². The topological polar surface area (TPSA) is 76.2 Å². The van der Waals surface area contributed by atoms with E-state index in [1.807, 2.05) is 33.2 Å². The molecule has 0 saturated carbocycles. The summed E-state index contributed by atoms with van der Waals surface area (Å²) < 4.78 is 2.18. The first-order valence-corrected chi connectivity index (χ1v) is 7.21. The van der Waals surface area contributed by atoms with Crippen molar-refractivity contribution in [2.24, 2.45) is 5.73 Å². The Morgan fingerprint density at radius 1 is 1.55 bits per heavy atom. The lowest BCUT2D eigenvalue weighted by atomic mass is 9.95. The van der Waals surface area contributed by atoms with Gasteiger partial charge in [-0.2, -0.15) is 0 Å². The highest BCUT2D eigenvalue weighted by Crippen LogP contribution is 2.15. The molecule has 0 bridgehead atoms. The lowest BCUT2D eigenvalue weighted by Gasteiger charge is -2.34. The number of nitrogens with two attached hydrogens (primary N) is 1. The summed E-state index contributed by atoms with van der Waals surface area (Å²) in [5.74, 6) is 0.804. The summed E-state index contributed by atoms with van der Waals surface area (Å²) in [4.78, 5) is 18.4. The summed E-state index contributed by atoms with van der Waals surface area (Å²) in [5, 5.41) is 3.29. The first-order chi connectivity index (χ1) is 9.40. The molecule has 112 valence electrons. The monoisotopic (exact) mass is 279 g/mol. The van der Waals surface area contributed by atoms with Crippen molar-refractivity contribution in [3.8, 4) is 0 Å². The van der Waals surface area contributed by atoms with E-state index in [1.54, 1.807) is 0 Å². The van der Waals surface area contributed by atoms with Crippen LogP contribution in [0.1, 0.15) is 33.0 Å². The molecule has 0 spiro atoms. The van der Waals surface area contributed by atoms with E-state index in [1.165, 1.54) is 0 Å². The Morgan fingerprint density at radius 3 is 2.95 bits per heavy atom. The Labute approximate surface area is 120 Å². The molecule has 20 heavy (non-hydrogen) atoms. The predicted molar refractivity (Wildman–Crippen MR) is 78.0 cm³/mol. The van der Waals surface area contributed by atoms with Crippen LogP contribution in [-0.4, -0.2) is 45.0 Å². The van der Waals surface area contributed by atoms with Crippen molar-refractivity contribution in [1.29, 1.82) is 0 Å². The van der Waals surface area contributed by atoms with Crippen LogP contribution in [0.2, 0.25) is 0 Å². The molecule has 1 aliphatic heterocycles. The molecule has 1 aromatic rings. The van der Waals surface area contributed by atoms with Gasteiger partial charge in [-0.15, -0.1) is 0 Å². The van der Waals surface area contributed by atoms with Crippen LogP contribution in [0, 0.1) is 0 Å². The van der Waals surface area contributed by atoms with Crippen molar-refractivity contribution in [2.45, 2.75) is 51.9 Å². The van der Waals surface area contributed by atoms with Crippen molar-refractivity contribution in [1.82, 2.24) is 19.8 Å². The van der Waals surface area contributed by atoms with Gasteiger partial charge in [-0.05, 0) is 27.2 Å². The first-order valence-electron chi connectivity index (χ1n) is 7.21. The summed E-state index contributed by atoms with van der Waals surface area (Å²) in [5.41, 5.74) is 4.91. The van der Waals surface area contributed by atoms with Gasteiger partial charge in [0.05, 0.1) is 12.1 Å². The molecule has 2 heterocycles.